The van der Waals surface area contributed by atoms with Gasteiger partial charge in [-0.15, -0.1) is 0 Å². The summed E-state index contributed by atoms with van der Waals surface area (Å²) in [5, 5.41) is 2.73. The average molecular weight is 282 g/mol. The number of piperazine rings is 1. The molecule has 2 saturated heterocycles. The second-order valence-electron chi connectivity index (χ2n) is 3.92. The van der Waals surface area contributed by atoms with Gasteiger partial charge >= 0.3 is 11.8 Å². The first-order valence-corrected chi connectivity index (χ1v) is 7.49. The normalized spacial score (nSPS) is 26.2. The van der Waals surface area contributed by atoms with Crippen molar-refractivity contribution >= 4 is 33.6 Å². The molecule has 2 heterocycles. The molecule has 2 unspecified atom stereocenters. The number of carbonyl (C=O) groups excluding carboxylic acids is 2. The van der Waals surface area contributed by atoms with Gasteiger partial charge in [0.05, 0.1) is 13.2 Å². The maximum atomic E-state index is 11.5. The van der Waals surface area contributed by atoms with E-state index in [0.29, 0.717) is 0 Å². The summed E-state index contributed by atoms with van der Waals surface area (Å²) in [4.78, 5) is 23.1. The molecule has 2 amide bonds. The van der Waals surface area contributed by atoms with Gasteiger partial charge in [0, 0.05) is 11.0 Å². The molecule has 1 aromatic rings. The first kappa shape index (κ1) is 11.7. The molecular formula is C11H10N2O3S2. The van der Waals surface area contributed by atoms with E-state index in [1.165, 1.54) is 15.3 Å². The van der Waals surface area contributed by atoms with Crippen molar-refractivity contribution in [3.05, 3.63) is 29.8 Å². The Morgan fingerprint density at radius 2 is 2.00 bits per heavy atom. The third-order valence-corrected chi connectivity index (χ3v) is 5.68. The van der Waals surface area contributed by atoms with Crippen LogP contribution in [0, 0.1) is 0 Å². The largest absolute Gasteiger partial charge is 0.497 e. The van der Waals surface area contributed by atoms with Gasteiger partial charge in [-0.25, -0.2) is 0 Å². The molecule has 2 aliphatic heterocycles. The fraction of sp³-hybridized carbons (Fsp3) is 0.273. The van der Waals surface area contributed by atoms with Crippen molar-refractivity contribution in [3.8, 4) is 5.75 Å². The van der Waals surface area contributed by atoms with Crippen molar-refractivity contribution in [3.63, 3.8) is 0 Å². The quantitative estimate of drug-likeness (QED) is 0.504. The van der Waals surface area contributed by atoms with E-state index in [1.54, 1.807) is 17.9 Å². The molecule has 0 aromatic heterocycles. The molecule has 2 atom stereocenters. The molecule has 0 spiro atoms. The van der Waals surface area contributed by atoms with Crippen LogP contribution in [0.4, 0.5) is 0 Å². The molecule has 5 nitrogen and oxygen atoms in total. The van der Waals surface area contributed by atoms with Crippen molar-refractivity contribution in [2.45, 2.75) is 11.4 Å². The predicted octanol–water partition coefficient (Wildman–Crippen LogP) is 1.33. The lowest BCUT2D eigenvalue weighted by Crippen LogP contribution is -2.58. The van der Waals surface area contributed by atoms with Crippen LogP contribution in [0.25, 0.3) is 0 Å². The highest BCUT2D eigenvalue weighted by atomic mass is 33.1. The summed E-state index contributed by atoms with van der Waals surface area (Å²) < 4.78 is 6.62. The van der Waals surface area contributed by atoms with Crippen LogP contribution < -0.4 is 10.1 Å². The van der Waals surface area contributed by atoms with E-state index in [-0.39, 0.29) is 11.4 Å². The molecular weight excluding hydrogens is 272 g/mol. The van der Waals surface area contributed by atoms with Crippen molar-refractivity contribution in [1.29, 1.82) is 0 Å². The number of hydrogen-bond donors (Lipinski definition) is 1. The van der Waals surface area contributed by atoms with Gasteiger partial charge in [-0.1, -0.05) is 12.1 Å². The Kier molecular flexibility index (Phi) is 2.87. The van der Waals surface area contributed by atoms with Crippen LogP contribution in [-0.4, -0.2) is 28.6 Å². The van der Waals surface area contributed by atoms with Crippen LogP contribution in [0.5, 0.6) is 5.75 Å². The van der Waals surface area contributed by atoms with Crippen LogP contribution in [-0.2, 0) is 9.59 Å². The van der Waals surface area contributed by atoms with E-state index in [0.717, 1.165) is 11.3 Å². The van der Waals surface area contributed by atoms with Crippen molar-refractivity contribution in [1.82, 2.24) is 9.62 Å². The Morgan fingerprint density at radius 1 is 1.28 bits per heavy atom. The first-order chi connectivity index (χ1) is 8.70. The zero-order valence-corrected chi connectivity index (χ0v) is 11.1. The molecule has 1 N–H and O–H groups in total. The number of benzene rings is 1. The molecule has 94 valence electrons. The average Bonchev–Trinajstić information content (AvgIpc) is 2.35. The molecule has 0 bridgehead atoms. The van der Waals surface area contributed by atoms with Gasteiger partial charge in [-0.2, -0.15) is 0 Å². The summed E-state index contributed by atoms with van der Waals surface area (Å²) in [6.07, 6.45) is 0. The summed E-state index contributed by atoms with van der Waals surface area (Å²) in [5.74, 6) is -0.238. The highest BCUT2D eigenvalue weighted by Crippen LogP contribution is 2.52. The molecule has 1 aromatic carbocycles. The van der Waals surface area contributed by atoms with Gasteiger partial charge < -0.3 is 10.1 Å². The smallest absolute Gasteiger partial charge is 0.323 e. The number of ether oxygens (including phenoxy) is 1. The van der Waals surface area contributed by atoms with E-state index in [2.05, 4.69) is 5.32 Å². The minimum atomic E-state index is -0.542. The third-order valence-electron chi connectivity index (χ3n) is 2.89. The number of fused-ring (bicyclic) bond motifs is 1. The minimum absolute atomic E-state index is 0.0198. The maximum absolute atomic E-state index is 11.5. The lowest BCUT2D eigenvalue weighted by molar-refractivity contribution is -0.146. The summed E-state index contributed by atoms with van der Waals surface area (Å²) >= 11 is 0. The number of nitrogens with zero attached hydrogens (tertiary/aromatic N) is 1. The number of hydrogen-bond acceptors (Lipinski definition) is 5. The summed E-state index contributed by atoms with van der Waals surface area (Å²) in [6.45, 7) is 0. The van der Waals surface area contributed by atoms with E-state index in [9.17, 15) is 9.59 Å². The van der Waals surface area contributed by atoms with Gasteiger partial charge in [-0.3, -0.25) is 13.9 Å². The second-order valence-corrected chi connectivity index (χ2v) is 6.16. The highest BCUT2D eigenvalue weighted by Gasteiger charge is 2.48. The topological polar surface area (TPSA) is 58.6 Å². The molecule has 2 aliphatic rings. The van der Waals surface area contributed by atoms with Crippen molar-refractivity contribution < 1.29 is 14.3 Å². The van der Waals surface area contributed by atoms with E-state index in [4.69, 9.17) is 4.74 Å². The maximum Gasteiger partial charge on any atom is 0.323 e. The van der Waals surface area contributed by atoms with Gasteiger partial charge in [0.15, 0.2) is 0 Å². The Hall–Kier alpha value is -1.34. The molecule has 7 heteroatoms. The second kappa shape index (κ2) is 4.40. The molecule has 18 heavy (non-hydrogen) atoms. The van der Waals surface area contributed by atoms with Crippen LogP contribution in [0.15, 0.2) is 24.3 Å². The number of nitrogens with one attached hydrogen (secondary N) is 1. The Morgan fingerprint density at radius 3 is 2.56 bits per heavy atom. The standard InChI is InChI=1S/C11H10N2O3S2/c1-16-7-4-2-6(3-5-7)8-11-13(18-17-11)10(15)9(14)12-8/h2-5,8,11H,1H3,(H,12,14). The number of carbonyl (C=O) groups is 2. The van der Waals surface area contributed by atoms with Gasteiger partial charge in [0.2, 0.25) is 0 Å². The number of amides is 2. The molecule has 0 saturated carbocycles. The van der Waals surface area contributed by atoms with Crippen LogP contribution in [0.1, 0.15) is 11.6 Å². The van der Waals surface area contributed by atoms with Gasteiger partial charge in [-0.05, 0) is 28.5 Å². The number of rotatable bonds is 2. The molecule has 3 rings (SSSR count). The Bertz CT molecular complexity index is 506. The SMILES string of the molecule is COc1ccc(C2NC(=O)C(=O)N3SSC23)cc1. The summed E-state index contributed by atoms with van der Waals surface area (Å²) in [5.41, 5.74) is 0.972. The van der Waals surface area contributed by atoms with E-state index >= 15 is 0 Å². The fourth-order valence-electron chi connectivity index (χ4n) is 1.91. The predicted molar refractivity (Wildman–Crippen MR) is 69.7 cm³/mol. The minimum Gasteiger partial charge on any atom is -0.497 e. The van der Waals surface area contributed by atoms with Gasteiger partial charge in [0.25, 0.3) is 0 Å². The van der Waals surface area contributed by atoms with Crippen LogP contribution in [0.3, 0.4) is 0 Å². The fourth-order valence-corrected chi connectivity index (χ4v) is 4.24. The lowest BCUT2D eigenvalue weighted by atomic mass is 10.0. The van der Waals surface area contributed by atoms with Crippen LogP contribution >= 0.6 is 21.8 Å². The highest BCUT2D eigenvalue weighted by molar-refractivity contribution is 8.78. The monoisotopic (exact) mass is 282 g/mol. The first-order valence-electron chi connectivity index (χ1n) is 5.32. The summed E-state index contributed by atoms with van der Waals surface area (Å²) in [7, 11) is 4.51. The molecule has 0 aliphatic carbocycles. The summed E-state index contributed by atoms with van der Waals surface area (Å²) in [6, 6.07) is 7.34. The van der Waals surface area contributed by atoms with E-state index in [1.807, 2.05) is 24.3 Å². The van der Waals surface area contributed by atoms with Crippen molar-refractivity contribution in [2.24, 2.45) is 0 Å². The third kappa shape index (κ3) is 1.74. The van der Waals surface area contributed by atoms with Gasteiger partial charge in [0.1, 0.15) is 11.1 Å². The Balaban J connectivity index is 1.86. The lowest BCUT2D eigenvalue weighted by Gasteiger charge is -2.45. The zero-order valence-electron chi connectivity index (χ0n) is 9.45. The number of methoxy groups -OCH3 is 1. The zero-order chi connectivity index (χ0) is 12.7. The molecule has 0 radical (unpaired) electrons. The Labute approximate surface area is 112 Å². The van der Waals surface area contributed by atoms with Crippen LogP contribution in [0.2, 0.25) is 0 Å². The van der Waals surface area contributed by atoms with E-state index < -0.39 is 11.8 Å². The van der Waals surface area contributed by atoms with Crippen molar-refractivity contribution in [2.75, 3.05) is 7.11 Å². The molecule has 2 fully saturated rings.